The summed E-state index contributed by atoms with van der Waals surface area (Å²) in [5.41, 5.74) is 0.735. The largest absolute Gasteiger partial charge is 0.368 e. The number of halogens is 5. The van der Waals surface area contributed by atoms with Crippen molar-refractivity contribution in [2.45, 2.75) is 19.8 Å². The quantitative estimate of drug-likeness (QED) is 0.123. The summed E-state index contributed by atoms with van der Waals surface area (Å²) < 4.78 is 69.1. The van der Waals surface area contributed by atoms with Crippen molar-refractivity contribution in [3.8, 4) is 0 Å². The van der Waals surface area contributed by atoms with Gasteiger partial charge < -0.3 is 20.0 Å². The topological polar surface area (TPSA) is 82.0 Å². The number of hydrogen-bond acceptors (Lipinski definition) is 6. The van der Waals surface area contributed by atoms with Gasteiger partial charge in [0.1, 0.15) is 11.4 Å². The molecule has 1 N–H and O–H groups in total. The zero-order valence-corrected chi connectivity index (χ0v) is 22.7. The summed E-state index contributed by atoms with van der Waals surface area (Å²) in [5.74, 6) is -9.82. The highest BCUT2D eigenvalue weighted by molar-refractivity contribution is 6.05. The first-order chi connectivity index (χ1) is 20.0. The van der Waals surface area contributed by atoms with Crippen LogP contribution in [0.1, 0.15) is 30.1 Å². The van der Waals surface area contributed by atoms with Crippen LogP contribution in [0.25, 0.3) is 0 Å². The van der Waals surface area contributed by atoms with E-state index in [1.165, 1.54) is 6.07 Å². The molecule has 2 saturated heterocycles. The minimum absolute atomic E-state index is 0.0159. The van der Waals surface area contributed by atoms with Crippen LogP contribution in [0.15, 0.2) is 42.5 Å². The average molecular weight is 590 g/mol. The van der Waals surface area contributed by atoms with E-state index < -0.39 is 45.6 Å². The van der Waals surface area contributed by atoms with Crippen molar-refractivity contribution in [3.63, 3.8) is 0 Å². The Morgan fingerprint density at radius 3 is 1.90 bits per heavy atom. The van der Waals surface area contributed by atoms with Crippen molar-refractivity contribution in [3.05, 3.63) is 87.2 Å². The molecule has 0 radical (unpaired) electrons. The molecule has 2 heterocycles. The number of amides is 1. The first kappa shape index (κ1) is 29.1. The molecule has 0 saturated carbocycles. The summed E-state index contributed by atoms with van der Waals surface area (Å²) in [6, 6.07) is 11.2. The van der Waals surface area contributed by atoms with Crippen LogP contribution in [0.2, 0.25) is 0 Å². The fraction of sp³-hybridized carbons (Fsp3) is 0.345. The van der Waals surface area contributed by atoms with Gasteiger partial charge in [0.2, 0.25) is 5.82 Å². The third-order valence-electron chi connectivity index (χ3n) is 7.83. The lowest BCUT2D eigenvalue weighted by molar-refractivity contribution is -0.384. The molecule has 8 nitrogen and oxygen atoms in total. The zero-order chi connectivity index (χ0) is 30.1. The molecule has 0 bridgehead atoms. The molecule has 222 valence electrons. The van der Waals surface area contributed by atoms with Crippen molar-refractivity contribution >= 4 is 34.3 Å². The molecular weight excluding hydrogens is 561 g/mol. The van der Waals surface area contributed by atoms with Crippen molar-refractivity contribution in [2.75, 3.05) is 59.3 Å². The minimum atomic E-state index is -2.19. The smallest absolute Gasteiger partial charge is 0.293 e. The van der Waals surface area contributed by atoms with Crippen molar-refractivity contribution < 1.29 is 31.7 Å². The normalized spacial score (nSPS) is 16.1. The van der Waals surface area contributed by atoms with Crippen LogP contribution in [-0.4, -0.2) is 50.1 Å². The van der Waals surface area contributed by atoms with Gasteiger partial charge in [-0.1, -0.05) is 6.92 Å². The van der Waals surface area contributed by atoms with Gasteiger partial charge in [0.15, 0.2) is 23.3 Å². The van der Waals surface area contributed by atoms with Crippen LogP contribution in [0.5, 0.6) is 0 Å². The zero-order valence-electron chi connectivity index (χ0n) is 22.7. The maximum absolute atomic E-state index is 14.2. The number of nitro benzene ring substituents is 1. The third-order valence-corrected chi connectivity index (χ3v) is 7.83. The first-order valence-corrected chi connectivity index (χ1v) is 13.5. The number of nitro groups is 1. The average Bonchev–Trinajstić information content (AvgIpc) is 3.00. The van der Waals surface area contributed by atoms with Gasteiger partial charge in [-0.15, -0.1) is 0 Å². The van der Waals surface area contributed by atoms with Crippen molar-refractivity contribution in [2.24, 2.45) is 5.92 Å². The Kier molecular flexibility index (Phi) is 8.19. The lowest BCUT2D eigenvalue weighted by Crippen LogP contribution is -2.47. The third kappa shape index (κ3) is 5.68. The van der Waals surface area contributed by atoms with E-state index in [1.807, 2.05) is 9.80 Å². The van der Waals surface area contributed by atoms with Crippen LogP contribution in [-0.2, 0) is 0 Å². The monoisotopic (exact) mass is 589 g/mol. The molecule has 1 amide bonds. The van der Waals surface area contributed by atoms with E-state index in [0.717, 1.165) is 23.4 Å². The Morgan fingerprint density at radius 2 is 1.33 bits per heavy atom. The van der Waals surface area contributed by atoms with Gasteiger partial charge in [-0.05, 0) is 55.2 Å². The van der Waals surface area contributed by atoms with Gasteiger partial charge in [-0.25, -0.2) is 22.0 Å². The van der Waals surface area contributed by atoms with Gasteiger partial charge in [0.05, 0.1) is 4.92 Å². The Balaban J connectivity index is 1.22. The van der Waals surface area contributed by atoms with Crippen LogP contribution < -0.4 is 20.0 Å². The molecular formula is C29H28F5N5O3. The highest BCUT2D eigenvalue weighted by Gasteiger charge is 2.31. The van der Waals surface area contributed by atoms with Gasteiger partial charge in [-0.3, -0.25) is 14.9 Å². The molecule has 13 heteroatoms. The Bertz CT molecular complexity index is 1480. The Hall–Kier alpha value is -4.42. The fourth-order valence-corrected chi connectivity index (χ4v) is 5.35. The van der Waals surface area contributed by atoms with Crippen molar-refractivity contribution in [1.82, 2.24) is 0 Å². The predicted molar refractivity (Wildman–Crippen MR) is 149 cm³/mol. The van der Waals surface area contributed by atoms with Crippen molar-refractivity contribution in [1.29, 1.82) is 0 Å². The molecule has 0 spiro atoms. The van der Waals surface area contributed by atoms with E-state index in [4.69, 9.17) is 0 Å². The molecule has 0 atom stereocenters. The van der Waals surface area contributed by atoms with E-state index >= 15 is 0 Å². The summed E-state index contributed by atoms with van der Waals surface area (Å²) in [7, 11) is 0. The molecule has 3 aromatic rings. The van der Waals surface area contributed by atoms with Crippen LogP contribution >= 0.6 is 0 Å². The summed E-state index contributed by atoms with van der Waals surface area (Å²) in [5, 5.41) is 14.5. The van der Waals surface area contributed by atoms with Gasteiger partial charge in [-0.2, -0.15) is 0 Å². The summed E-state index contributed by atoms with van der Waals surface area (Å²) in [4.78, 5) is 29.2. The molecule has 42 heavy (non-hydrogen) atoms. The second-order valence-corrected chi connectivity index (χ2v) is 10.5. The van der Waals surface area contributed by atoms with Crippen LogP contribution in [0, 0.1) is 45.1 Å². The van der Waals surface area contributed by atoms with E-state index in [0.29, 0.717) is 30.4 Å². The number of rotatable bonds is 6. The number of piperazine rings is 1. The summed E-state index contributed by atoms with van der Waals surface area (Å²) >= 11 is 0. The Labute approximate surface area is 238 Å². The minimum Gasteiger partial charge on any atom is -0.368 e. The lowest BCUT2D eigenvalue weighted by atomic mass is 9.98. The highest BCUT2D eigenvalue weighted by Crippen LogP contribution is 2.34. The maximum Gasteiger partial charge on any atom is 0.293 e. The van der Waals surface area contributed by atoms with Gasteiger partial charge in [0.25, 0.3) is 11.6 Å². The molecule has 0 aliphatic carbocycles. The molecule has 3 aromatic carbocycles. The second kappa shape index (κ2) is 11.8. The molecule has 2 aliphatic rings. The Morgan fingerprint density at radius 1 is 0.786 bits per heavy atom. The molecule has 0 aromatic heterocycles. The number of anilines is 4. The molecule has 2 aliphatic heterocycles. The predicted octanol–water partition coefficient (Wildman–Crippen LogP) is 6.11. The van der Waals surface area contributed by atoms with Gasteiger partial charge in [0, 0.05) is 62.3 Å². The molecule has 0 unspecified atom stereocenters. The SMILES string of the molecule is CC1CCN(c2ccc(C(=O)Nc3ccc(N4CCN(c5c(F)c(F)c(F)c(F)c5F)CC4)cc3)cc2[N+](=O)[O-])CC1. The second-order valence-electron chi connectivity index (χ2n) is 10.5. The number of nitrogens with one attached hydrogen (secondary N) is 1. The fourth-order valence-electron chi connectivity index (χ4n) is 5.35. The maximum atomic E-state index is 14.2. The first-order valence-electron chi connectivity index (χ1n) is 13.5. The van der Waals surface area contributed by atoms with E-state index in [9.17, 15) is 36.9 Å². The van der Waals surface area contributed by atoms with Gasteiger partial charge >= 0.3 is 0 Å². The van der Waals surface area contributed by atoms with E-state index in [-0.39, 0.29) is 37.4 Å². The molecule has 5 rings (SSSR count). The number of piperidine rings is 1. The summed E-state index contributed by atoms with van der Waals surface area (Å²) in [6.45, 7) is 4.11. The standard InChI is InChI=1S/C29H28F5N5O3/c1-17-8-10-37(11-9-17)21-7-2-18(16-22(21)39(41)42)29(40)35-19-3-5-20(6-4-19)36-12-14-38(15-13-36)28-26(33)24(31)23(30)25(32)27(28)34/h2-7,16-17H,8-15H2,1H3,(H,35,40). The highest BCUT2D eigenvalue weighted by atomic mass is 19.2. The number of hydrogen-bond donors (Lipinski definition) is 1. The number of carbonyl (C=O) groups excluding carboxylic acids is 1. The number of nitrogens with zero attached hydrogens (tertiary/aromatic N) is 4. The summed E-state index contributed by atoms with van der Waals surface area (Å²) in [6.07, 6.45) is 1.88. The van der Waals surface area contributed by atoms with E-state index in [2.05, 4.69) is 12.2 Å². The van der Waals surface area contributed by atoms with E-state index in [1.54, 1.807) is 36.4 Å². The van der Waals surface area contributed by atoms with Crippen LogP contribution in [0.3, 0.4) is 0 Å². The molecule has 2 fully saturated rings. The van der Waals surface area contributed by atoms with Crippen LogP contribution in [0.4, 0.5) is 50.4 Å². The number of carbonyl (C=O) groups is 1. The lowest BCUT2D eigenvalue weighted by Gasteiger charge is -2.37. The number of benzene rings is 3.